The lowest BCUT2D eigenvalue weighted by Crippen LogP contribution is -2.36. The lowest BCUT2D eigenvalue weighted by molar-refractivity contribution is -0.0958. The molecule has 0 saturated carbocycles. The summed E-state index contributed by atoms with van der Waals surface area (Å²) < 4.78 is 61.0. The number of ether oxygens (including phenoxy) is 2. The van der Waals surface area contributed by atoms with Gasteiger partial charge in [0.15, 0.2) is 11.5 Å². The van der Waals surface area contributed by atoms with E-state index in [0.717, 1.165) is 12.1 Å². The lowest BCUT2D eigenvalue weighted by atomic mass is 10.0. The molecule has 1 aliphatic rings. The van der Waals surface area contributed by atoms with Gasteiger partial charge in [-0.1, -0.05) is 11.6 Å². The first-order valence-corrected chi connectivity index (χ1v) is 6.01. The second-order valence-corrected chi connectivity index (χ2v) is 4.49. The summed E-state index contributed by atoms with van der Waals surface area (Å²) in [5.41, 5.74) is -0.721. The number of ketones is 1. The van der Waals surface area contributed by atoms with Gasteiger partial charge in [-0.3, -0.25) is 4.79 Å². The molecule has 0 saturated heterocycles. The van der Waals surface area contributed by atoms with Gasteiger partial charge in [0.25, 0.3) is 0 Å². The zero-order chi connectivity index (χ0) is 14.9. The molecule has 0 amide bonds. The number of halogens is 5. The molecule has 0 aliphatic carbocycles. The molecule has 0 aromatic heterocycles. The van der Waals surface area contributed by atoms with Crippen LogP contribution in [0.5, 0.6) is 11.5 Å². The van der Waals surface area contributed by atoms with Crippen LogP contribution in [-0.2, 0) is 0 Å². The van der Waals surface area contributed by atoms with E-state index >= 15 is 0 Å². The molecule has 1 aliphatic heterocycles. The standard InChI is InChI=1S/C12H9ClF4O3/c13-7-5-9-8(19-2-1-3-20-9)4-6(7)10(18)12(16,17)11(14)15/h4-5,11H,1-3H2. The van der Waals surface area contributed by atoms with Gasteiger partial charge in [0.2, 0.25) is 5.78 Å². The van der Waals surface area contributed by atoms with Crippen molar-refractivity contribution in [1.82, 2.24) is 0 Å². The van der Waals surface area contributed by atoms with Crippen molar-refractivity contribution in [2.75, 3.05) is 13.2 Å². The van der Waals surface area contributed by atoms with Crippen LogP contribution in [-0.4, -0.2) is 31.3 Å². The minimum atomic E-state index is -4.80. The molecule has 20 heavy (non-hydrogen) atoms. The summed E-state index contributed by atoms with van der Waals surface area (Å²) in [7, 11) is 0. The first-order chi connectivity index (χ1) is 9.34. The zero-order valence-electron chi connectivity index (χ0n) is 9.97. The second-order valence-electron chi connectivity index (χ2n) is 4.08. The summed E-state index contributed by atoms with van der Waals surface area (Å²) in [6, 6.07) is 2.01. The highest BCUT2D eigenvalue weighted by atomic mass is 35.5. The molecule has 0 unspecified atom stereocenters. The molecule has 0 bridgehead atoms. The maximum atomic E-state index is 13.1. The second kappa shape index (κ2) is 5.47. The van der Waals surface area contributed by atoms with Crippen molar-refractivity contribution in [3.05, 3.63) is 22.7 Å². The fourth-order valence-corrected chi connectivity index (χ4v) is 1.88. The van der Waals surface area contributed by atoms with E-state index in [1.54, 1.807) is 0 Å². The summed E-state index contributed by atoms with van der Waals surface area (Å²) >= 11 is 5.69. The Labute approximate surface area is 116 Å². The number of carbonyl (C=O) groups is 1. The Kier molecular flexibility index (Phi) is 4.08. The third-order valence-corrected chi connectivity index (χ3v) is 2.97. The average molecular weight is 313 g/mol. The van der Waals surface area contributed by atoms with E-state index in [0.29, 0.717) is 13.0 Å². The van der Waals surface area contributed by atoms with Crippen LogP contribution in [0.15, 0.2) is 12.1 Å². The monoisotopic (exact) mass is 312 g/mol. The van der Waals surface area contributed by atoms with Gasteiger partial charge >= 0.3 is 12.3 Å². The first kappa shape index (κ1) is 14.9. The largest absolute Gasteiger partial charge is 0.490 e. The molecule has 3 nitrogen and oxygen atoms in total. The van der Waals surface area contributed by atoms with Crippen molar-refractivity contribution in [2.24, 2.45) is 0 Å². The zero-order valence-corrected chi connectivity index (χ0v) is 10.7. The van der Waals surface area contributed by atoms with Gasteiger partial charge in [0, 0.05) is 18.1 Å². The summed E-state index contributed by atoms with van der Waals surface area (Å²) in [6.45, 7) is 0.595. The quantitative estimate of drug-likeness (QED) is 0.632. The minimum Gasteiger partial charge on any atom is -0.490 e. The number of alkyl halides is 4. The Morgan fingerprint density at radius 1 is 1.20 bits per heavy atom. The predicted octanol–water partition coefficient (Wildman–Crippen LogP) is 3.58. The van der Waals surface area contributed by atoms with Crippen LogP contribution in [0.2, 0.25) is 5.02 Å². The van der Waals surface area contributed by atoms with Gasteiger partial charge in [-0.15, -0.1) is 0 Å². The molecule has 8 heteroatoms. The molecule has 0 spiro atoms. The van der Waals surface area contributed by atoms with Crippen LogP contribution in [0.4, 0.5) is 17.6 Å². The third-order valence-electron chi connectivity index (χ3n) is 2.66. The molecule has 0 fully saturated rings. The van der Waals surface area contributed by atoms with E-state index in [1.165, 1.54) is 0 Å². The van der Waals surface area contributed by atoms with E-state index in [9.17, 15) is 22.4 Å². The van der Waals surface area contributed by atoms with Crippen molar-refractivity contribution < 1.29 is 31.8 Å². The minimum absolute atomic E-state index is 0.0281. The van der Waals surface area contributed by atoms with Crippen LogP contribution in [0.1, 0.15) is 16.8 Å². The van der Waals surface area contributed by atoms with E-state index < -0.39 is 23.7 Å². The molecule has 0 N–H and O–H groups in total. The number of fused-ring (bicyclic) bond motifs is 1. The van der Waals surface area contributed by atoms with E-state index in [4.69, 9.17) is 21.1 Å². The molecule has 1 aromatic carbocycles. The van der Waals surface area contributed by atoms with E-state index in [2.05, 4.69) is 0 Å². The van der Waals surface area contributed by atoms with Crippen LogP contribution < -0.4 is 9.47 Å². The lowest BCUT2D eigenvalue weighted by Gasteiger charge is -2.16. The van der Waals surface area contributed by atoms with Gasteiger partial charge in [-0.25, -0.2) is 8.78 Å². The summed E-state index contributed by atoms with van der Waals surface area (Å²) in [5.74, 6) is -6.64. The smallest absolute Gasteiger partial charge is 0.368 e. The Hall–Kier alpha value is -1.50. The Morgan fingerprint density at radius 3 is 2.30 bits per heavy atom. The molecule has 2 rings (SSSR count). The Morgan fingerprint density at radius 2 is 1.75 bits per heavy atom. The number of carbonyl (C=O) groups excluding carboxylic acids is 1. The molecule has 1 aromatic rings. The Balaban J connectivity index is 2.43. The number of hydrogen-bond acceptors (Lipinski definition) is 3. The van der Waals surface area contributed by atoms with Crippen LogP contribution in [0.25, 0.3) is 0 Å². The molecule has 0 radical (unpaired) electrons. The molecular formula is C12H9ClF4O3. The maximum absolute atomic E-state index is 13.1. The normalized spacial score (nSPS) is 15.1. The van der Waals surface area contributed by atoms with Crippen LogP contribution in [0.3, 0.4) is 0 Å². The SMILES string of the molecule is O=C(c1cc2c(cc1Cl)OCCCO2)C(F)(F)C(F)F. The highest BCUT2D eigenvalue weighted by Gasteiger charge is 2.49. The molecule has 110 valence electrons. The van der Waals surface area contributed by atoms with Crippen molar-refractivity contribution >= 4 is 17.4 Å². The fraction of sp³-hybridized carbons (Fsp3) is 0.417. The summed E-state index contributed by atoms with van der Waals surface area (Å²) in [4.78, 5) is 11.5. The van der Waals surface area contributed by atoms with Gasteiger partial charge in [0.1, 0.15) is 0 Å². The van der Waals surface area contributed by atoms with Gasteiger partial charge in [-0.2, -0.15) is 8.78 Å². The van der Waals surface area contributed by atoms with Gasteiger partial charge in [-0.05, 0) is 6.07 Å². The Bertz CT molecular complexity index is 534. The number of Topliss-reactive ketones (excluding diaryl/α,β-unsaturated/α-hetero) is 1. The average Bonchev–Trinajstić information content (AvgIpc) is 2.61. The van der Waals surface area contributed by atoms with Gasteiger partial charge in [0.05, 0.1) is 18.2 Å². The van der Waals surface area contributed by atoms with E-state index in [-0.39, 0.29) is 23.1 Å². The molecule has 0 atom stereocenters. The predicted molar refractivity (Wildman–Crippen MR) is 62.3 cm³/mol. The number of rotatable bonds is 3. The summed E-state index contributed by atoms with van der Waals surface area (Å²) in [6.07, 6.45) is -3.55. The van der Waals surface area contributed by atoms with Crippen LogP contribution in [0, 0.1) is 0 Å². The highest BCUT2D eigenvalue weighted by molar-refractivity contribution is 6.34. The fourth-order valence-electron chi connectivity index (χ4n) is 1.64. The van der Waals surface area contributed by atoms with Gasteiger partial charge < -0.3 is 9.47 Å². The molecule has 1 heterocycles. The molecular weight excluding hydrogens is 304 g/mol. The maximum Gasteiger partial charge on any atom is 0.368 e. The van der Waals surface area contributed by atoms with Crippen molar-refractivity contribution in [3.63, 3.8) is 0 Å². The number of hydrogen-bond donors (Lipinski definition) is 0. The van der Waals surface area contributed by atoms with E-state index in [1.807, 2.05) is 0 Å². The van der Waals surface area contributed by atoms with Crippen molar-refractivity contribution in [3.8, 4) is 11.5 Å². The highest BCUT2D eigenvalue weighted by Crippen LogP contribution is 2.38. The third kappa shape index (κ3) is 2.67. The van der Waals surface area contributed by atoms with Crippen LogP contribution >= 0.6 is 11.6 Å². The first-order valence-electron chi connectivity index (χ1n) is 5.64. The summed E-state index contributed by atoms with van der Waals surface area (Å²) in [5, 5.41) is -0.389. The van der Waals surface area contributed by atoms with Crippen molar-refractivity contribution in [2.45, 2.75) is 18.8 Å². The number of benzene rings is 1. The van der Waals surface area contributed by atoms with Crippen molar-refractivity contribution in [1.29, 1.82) is 0 Å². The topological polar surface area (TPSA) is 35.5 Å².